The van der Waals surface area contributed by atoms with Crippen molar-refractivity contribution < 1.29 is 4.39 Å². The molecule has 0 bridgehead atoms. The molecule has 0 amide bonds. The van der Waals surface area contributed by atoms with Gasteiger partial charge in [0.05, 0.1) is 4.47 Å². The minimum absolute atomic E-state index is 0.367. The summed E-state index contributed by atoms with van der Waals surface area (Å²) in [5.74, 6) is -0.367. The summed E-state index contributed by atoms with van der Waals surface area (Å²) >= 11 is 5.89. The van der Waals surface area contributed by atoms with Gasteiger partial charge >= 0.3 is 0 Å². The highest BCUT2D eigenvalue weighted by Crippen LogP contribution is 2.35. The van der Waals surface area contributed by atoms with E-state index in [0.29, 0.717) is 10.2 Å². The average Bonchev–Trinajstić information content (AvgIpc) is 2.67. The lowest BCUT2D eigenvalue weighted by Gasteiger charge is -2.04. The van der Waals surface area contributed by atoms with Crippen molar-refractivity contribution in [3.63, 3.8) is 0 Å². The van der Waals surface area contributed by atoms with Gasteiger partial charge in [-0.25, -0.2) is 4.39 Å². The summed E-state index contributed by atoms with van der Waals surface area (Å²) < 4.78 is 14.2. The Morgan fingerprint density at radius 2 is 2.27 bits per heavy atom. The van der Waals surface area contributed by atoms with Crippen LogP contribution in [0.25, 0.3) is 0 Å². The van der Waals surface area contributed by atoms with Crippen molar-refractivity contribution in [1.29, 1.82) is 0 Å². The van der Waals surface area contributed by atoms with E-state index < -0.39 is 0 Å². The Balaban J connectivity index is 2.33. The van der Waals surface area contributed by atoms with Gasteiger partial charge in [-0.2, -0.15) is 0 Å². The normalized spacial score (nSPS) is 10.5. The Labute approximate surface area is 102 Å². The Morgan fingerprint density at radius 3 is 2.93 bits per heavy atom. The van der Waals surface area contributed by atoms with E-state index in [-0.39, 0.29) is 5.82 Å². The highest BCUT2D eigenvalue weighted by atomic mass is 79.9. The van der Waals surface area contributed by atoms with Crippen LogP contribution in [0.1, 0.15) is 0 Å². The number of benzene rings is 1. The number of rotatable bonds is 2. The fourth-order valence-electron chi connectivity index (χ4n) is 0.934. The average molecular weight is 306 g/mol. The van der Waals surface area contributed by atoms with Crippen LogP contribution >= 0.6 is 39.0 Å². The number of nitrogens with zero attached hydrogens (tertiary/aromatic N) is 2. The van der Waals surface area contributed by atoms with Crippen LogP contribution in [-0.4, -0.2) is 10.2 Å². The monoisotopic (exact) mass is 305 g/mol. The largest absolute Gasteiger partial charge is 0.398 e. The molecule has 0 aliphatic carbocycles. The lowest BCUT2D eigenvalue weighted by molar-refractivity contribution is 0.620. The molecule has 1 aromatic carbocycles. The van der Waals surface area contributed by atoms with Crippen molar-refractivity contribution in [2.75, 3.05) is 5.73 Å². The molecule has 1 heterocycles. The van der Waals surface area contributed by atoms with Crippen LogP contribution in [0.5, 0.6) is 0 Å². The van der Waals surface area contributed by atoms with E-state index in [1.54, 1.807) is 11.6 Å². The molecule has 2 N–H and O–H groups in total. The standard InChI is InChI=1S/C8H5BrFN3S2/c9-4-1-7(6(11)2-5(4)10)15-8-13-12-3-14-8/h1-3H,11H2. The second kappa shape index (κ2) is 4.46. The van der Waals surface area contributed by atoms with Gasteiger partial charge < -0.3 is 5.73 Å². The van der Waals surface area contributed by atoms with E-state index in [0.717, 1.165) is 9.24 Å². The molecule has 0 fully saturated rings. The fraction of sp³-hybridized carbons (Fsp3) is 0. The molecule has 0 aliphatic heterocycles. The molecule has 15 heavy (non-hydrogen) atoms. The lowest BCUT2D eigenvalue weighted by atomic mass is 10.3. The molecule has 78 valence electrons. The number of aromatic nitrogens is 2. The number of nitrogen functional groups attached to an aromatic ring is 1. The fourth-order valence-corrected chi connectivity index (χ4v) is 2.93. The summed E-state index contributed by atoms with van der Waals surface area (Å²) in [5.41, 5.74) is 7.72. The molecule has 0 spiro atoms. The maximum atomic E-state index is 13.1. The Morgan fingerprint density at radius 1 is 1.47 bits per heavy atom. The number of nitrogens with two attached hydrogens (primary N) is 1. The minimum atomic E-state index is -0.367. The molecule has 0 radical (unpaired) electrons. The van der Waals surface area contributed by atoms with Crippen LogP contribution in [0.3, 0.4) is 0 Å². The second-order valence-electron chi connectivity index (χ2n) is 2.61. The van der Waals surface area contributed by atoms with Crippen molar-refractivity contribution >= 4 is 44.7 Å². The summed E-state index contributed by atoms with van der Waals surface area (Å²) in [6.07, 6.45) is 0. The van der Waals surface area contributed by atoms with Gasteiger partial charge in [0.25, 0.3) is 0 Å². The van der Waals surface area contributed by atoms with Crippen molar-refractivity contribution in [3.05, 3.63) is 27.9 Å². The highest BCUT2D eigenvalue weighted by molar-refractivity contribution is 9.10. The van der Waals surface area contributed by atoms with Crippen molar-refractivity contribution in [2.24, 2.45) is 0 Å². The second-order valence-corrected chi connectivity index (χ2v) is 5.59. The van der Waals surface area contributed by atoms with Crippen molar-refractivity contribution in [2.45, 2.75) is 9.24 Å². The summed E-state index contributed by atoms with van der Waals surface area (Å²) in [6, 6.07) is 2.92. The van der Waals surface area contributed by atoms with Crippen LogP contribution in [-0.2, 0) is 0 Å². The molecular weight excluding hydrogens is 301 g/mol. The molecule has 3 nitrogen and oxygen atoms in total. The van der Waals surface area contributed by atoms with Crippen LogP contribution in [0, 0.1) is 5.82 Å². The number of halogens is 2. The quantitative estimate of drug-likeness (QED) is 0.866. The van der Waals surface area contributed by atoms with Gasteiger partial charge in [0.2, 0.25) is 0 Å². The van der Waals surface area contributed by atoms with Gasteiger partial charge in [0, 0.05) is 10.6 Å². The van der Waals surface area contributed by atoms with E-state index in [9.17, 15) is 4.39 Å². The van der Waals surface area contributed by atoms with E-state index >= 15 is 0 Å². The summed E-state index contributed by atoms with van der Waals surface area (Å²) in [4.78, 5) is 0.764. The molecule has 2 rings (SSSR count). The summed E-state index contributed by atoms with van der Waals surface area (Å²) in [6.45, 7) is 0. The van der Waals surface area contributed by atoms with E-state index in [4.69, 9.17) is 5.73 Å². The first-order valence-corrected chi connectivity index (χ1v) is 6.34. The number of anilines is 1. The molecule has 1 aromatic heterocycles. The maximum Gasteiger partial charge on any atom is 0.178 e. The summed E-state index contributed by atoms with van der Waals surface area (Å²) in [5, 5.41) is 7.58. The first-order valence-electron chi connectivity index (χ1n) is 3.85. The third-order valence-corrected chi connectivity index (χ3v) is 4.05. The van der Waals surface area contributed by atoms with Crippen molar-refractivity contribution in [1.82, 2.24) is 10.2 Å². The predicted molar refractivity (Wildman–Crippen MR) is 62.5 cm³/mol. The van der Waals surface area contributed by atoms with Gasteiger partial charge in [-0.15, -0.1) is 10.2 Å². The molecule has 7 heteroatoms. The molecule has 0 saturated carbocycles. The number of hydrogen-bond acceptors (Lipinski definition) is 5. The molecule has 0 saturated heterocycles. The molecular formula is C8H5BrFN3S2. The van der Waals surface area contributed by atoms with Crippen LogP contribution in [0.4, 0.5) is 10.1 Å². The van der Waals surface area contributed by atoms with E-state index in [1.165, 1.54) is 29.2 Å². The van der Waals surface area contributed by atoms with E-state index in [1.807, 2.05) is 0 Å². The van der Waals surface area contributed by atoms with Gasteiger partial charge in [-0.1, -0.05) is 23.1 Å². The smallest absolute Gasteiger partial charge is 0.178 e. The zero-order valence-electron chi connectivity index (χ0n) is 7.28. The third kappa shape index (κ3) is 2.47. The number of hydrogen-bond donors (Lipinski definition) is 1. The Hall–Kier alpha value is -0.660. The molecule has 0 atom stereocenters. The first-order chi connectivity index (χ1) is 7.16. The first kappa shape index (κ1) is 10.8. The topological polar surface area (TPSA) is 51.8 Å². The SMILES string of the molecule is Nc1cc(F)c(Br)cc1Sc1nncs1. The van der Waals surface area contributed by atoms with Gasteiger partial charge in [-0.3, -0.25) is 0 Å². The minimum Gasteiger partial charge on any atom is -0.398 e. The van der Waals surface area contributed by atoms with Gasteiger partial charge in [-0.05, 0) is 28.1 Å². The summed E-state index contributed by atoms with van der Waals surface area (Å²) in [7, 11) is 0. The van der Waals surface area contributed by atoms with Crippen LogP contribution < -0.4 is 5.73 Å². The van der Waals surface area contributed by atoms with Crippen LogP contribution in [0.2, 0.25) is 0 Å². The van der Waals surface area contributed by atoms with Crippen molar-refractivity contribution in [3.8, 4) is 0 Å². The zero-order chi connectivity index (χ0) is 10.8. The highest BCUT2D eigenvalue weighted by Gasteiger charge is 2.08. The molecule has 0 unspecified atom stereocenters. The molecule has 0 aliphatic rings. The van der Waals surface area contributed by atoms with Crippen LogP contribution in [0.15, 0.2) is 31.4 Å². The predicted octanol–water partition coefficient (Wildman–Crippen LogP) is 3.17. The Kier molecular flexibility index (Phi) is 3.22. The third-order valence-electron chi connectivity index (χ3n) is 1.59. The van der Waals surface area contributed by atoms with Gasteiger partial charge in [0.15, 0.2) is 4.34 Å². The molecule has 2 aromatic rings. The Bertz CT molecular complexity index is 475. The van der Waals surface area contributed by atoms with E-state index in [2.05, 4.69) is 26.1 Å². The lowest BCUT2D eigenvalue weighted by Crippen LogP contribution is -1.91. The van der Waals surface area contributed by atoms with Gasteiger partial charge in [0.1, 0.15) is 11.3 Å². The zero-order valence-corrected chi connectivity index (χ0v) is 10.5. The maximum absolute atomic E-state index is 13.1.